The van der Waals surface area contributed by atoms with E-state index in [0.717, 1.165) is 55.7 Å². The molecule has 1 aromatic rings. The maximum Gasteiger partial charge on any atom is 0.191 e. The molecule has 7 heteroatoms. The van der Waals surface area contributed by atoms with Crippen LogP contribution in [0.3, 0.4) is 0 Å². The number of rotatable bonds is 6. The third-order valence-corrected chi connectivity index (χ3v) is 5.18. The molecule has 1 saturated heterocycles. The highest BCUT2D eigenvalue weighted by atomic mass is 127. The second-order valence-corrected chi connectivity index (χ2v) is 7.28. The molecule has 0 spiro atoms. The predicted octanol–water partition coefficient (Wildman–Crippen LogP) is 3.68. The molecule has 1 aliphatic heterocycles. The van der Waals surface area contributed by atoms with Crippen LogP contribution in [0.4, 0.5) is 0 Å². The van der Waals surface area contributed by atoms with Crippen LogP contribution in [0, 0.1) is 0 Å². The summed E-state index contributed by atoms with van der Waals surface area (Å²) >= 11 is 6.11. The van der Waals surface area contributed by atoms with E-state index in [1.807, 2.05) is 18.2 Å². The van der Waals surface area contributed by atoms with Gasteiger partial charge in [0.15, 0.2) is 5.96 Å². The number of benzene rings is 1. The van der Waals surface area contributed by atoms with Crippen LogP contribution in [-0.2, 0) is 4.74 Å². The fourth-order valence-electron chi connectivity index (χ4n) is 3.11. The molecule has 0 aliphatic carbocycles. The molecule has 2 rings (SSSR count). The highest BCUT2D eigenvalue weighted by molar-refractivity contribution is 14.0. The smallest absolute Gasteiger partial charge is 0.191 e. The number of nitrogens with one attached hydrogen (secondary N) is 2. The fraction of sp³-hybridized carbons (Fsp3) is 0.632. The molecule has 5 nitrogen and oxygen atoms in total. The van der Waals surface area contributed by atoms with Gasteiger partial charge in [0.05, 0.1) is 12.6 Å². The lowest BCUT2D eigenvalue weighted by Crippen LogP contribution is -2.51. The van der Waals surface area contributed by atoms with Gasteiger partial charge in [-0.15, -0.1) is 24.0 Å². The van der Waals surface area contributed by atoms with Crippen LogP contribution in [0.1, 0.15) is 38.3 Å². The average Bonchev–Trinajstić information content (AvgIpc) is 2.60. The van der Waals surface area contributed by atoms with Gasteiger partial charge in [-0.25, -0.2) is 0 Å². The Morgan fingerprint density at radius 1 is 1.35 bits per heavy atom. The topological polar surface area (TPSA) is 48.9 Å². The van der Waals surface area contributed by atoms with Gasteiger partial charge in [-0.05, 0) is 58.5 Å². The predicted molar refractivity (Wildman–Crippen MR) is 121 cm³/mol. The Morgan fingerprint density at radius 3 is 2.62 bits per heavy atom. The molecule has 1 heterocycles. The lowest BCUT2D eigenvalue weighted by molar-refractivity contribution is -0.00255. The number of nitrogens with zero attached hydrogens (tertiary/aromatic N) is 2. The summed E-state index contributed by atoms with van der Waals surface area (Å²) in [5.74, 6) is 0.836. The summed E-state index contributed by atoms with van der Waals surface area (Å²) in [5, 5.41) is 7.59. The van der Waals surface area contributed by atoms with E-state index in [1.54, 1.807) is 0 Å². The lowest BCUT2D eigenvalue weighted by atomic mass is 9.89. The van der Waals surface area contributed by atoms with Crippen LogP contribution in [-0.4, -0.2) is 56.8 Å². The number of hydrogen-bond acceptors (Lipinski definition) is 3. The molecule has 1 fully saturated rings. The van der Waals surface area contributed by atoms with Crippen LogP contribution in [0.5, 0.6) is 0 Å². The highest BCUT2D eigenvalue weighted by Crippen LogP contribution is 2.26. The molecule has 1 aromatic carbocycles. The molecule has 0 aromatic heterocycles. The highest BCUT2D eigenvalue weighted by Gasteiger charge is 2.34. The zero-order chi connectivity index (χ0) is 18.3. The molecule has 148 valence electrons. The minimum Gasteiger partial charge on any atom is -0.381 e. The van der Waals surface area contributed by atoms with Crippen molar-refractivity contribution in [3.05, 3.63) is 34.9 Å². The summed E-state index contributed by atoms with van der Waals surface area (Å²) < 4.78 is 5.54. The zero-order valence-electron chi connectivity index (χ0n) is 16.2. The van der Waals surface area contributed by atoms with Crippen LogP contribution in [0.25, 0.3) is 0 Å². The summed E-state index contributed by atoms with van der Waals surface area (Å²) in [6.45, 7) is 7.38. The van der Waals surface area contributed by atoms with Gasteiger partial charge in [0.2, 0.25) is 0 Å². The Hall–Kier alpha value is -0.570. The van der Waals surface area contributed by atoms with E-state index in [2.05, 4.69) is 49.5 Å². The first-order valence-electron chi connectivity index (χ1n) is 9.02. The number of halogens is 2. The first-order valence-corrected chi connectivity index (χ1v) is 9.40. The van der Waals surface area contributed by atoms with E-state index in [0.29, 0.717) is 0 Å². The number of ether oxygens (including phenoxy) is 1. The standard InChI is InChI=1S/C19H31ClN4O.HI/c1-5-21-18(23-15(2)16-7-6-8-17(20)13-16)22-14-19(24(3)4)9-11-25-12-10-19;/h6-8,13,15H,5,9-12,14H2,1-4H3,(H2,21,22,23);1H. The summed E-state index contributed by atoms with van der Waals surface area (Å²) in [6, 6.07) is 8.06. The van der Waals surface area contributed by atoms with Gasteiger partial charge in [-0.2, -0.15) is 0 Å². The maximum atomic E-state index is 6.11. The number of aliphatic imine (C=N–C) groups is 1. The zero-order valence-corrected chi connectivity index (χ0v) is 19.3. The molecule has 0 bridgehead atoms. The molecular weight excluding hydrogens is 463 g/mol. The molecule has 0 radical (unpaired) electrons. The van der Waals surface area contributed by atoms with Gasteiger partial charge in [0.1, 0.15) is 0 Å². The van der Waals surface area contributed by atoms with Crippen LogP contribution < -0.4 is 10.6 Å². The van der Waals surface area contributed by atoms with Gasteiger partial charge in [-0.1, -0.05) is 23.7 Å². The largest absolute Gasteiger partial charge is 0.381 e. The number of likely N-dealkylation sites (N-methyl/N-ethyl adjacent to an activating group) is 1. The summed E-state index contributed by atoms with van der Waals surface area (Å²) in [6.07, 6.45) is 2.01. The molecule has 0 saturated carbocycles. The maximum absolute atomic E-state index is 6.11. The van der Waals surface area contributed by atoms with E-state index >= 15 is 0 Å². The van der Waals surface area contributed by atoms with E-state index in [-0.39, 0.29) is 35.6 Å². The first-order chi connectivity index (χ1) is 12.0. The molecule has 1 aliphatic rings. The Bertz CT molecular complexity index is 576. The Labute approximate surface area is 179 Å². The fourth-order valence-corrected chi connectivity index (χ4v) is 3.31. The lowest BCUT2D eigenvalue weighted by Gasteiger charge is -2.41. The Balaban J connectivity index is 0.00000338. The van der Waals surface area contributed by atoms with Gasteiger partial charge < -0.3 is 20.3 Å². The quantitative estimate of drug-likeness (QED) is 0.360. The van der Waals surface area contributed by atoms with Crippen molar-refractivity contribution in [3.8, 4) is 0 Å². The van der Waals surface area contributed by atoms with Crippen molar-refractivity contribution in [2.24, 2.45) is 4.99 Å². The van der Waals surface area contributed by atoms with Gasteiger partial charge >= 0.3 is 0 Å². The third-order valence-electron chi connectivity index (χ3n) is 4.95. The molecule has 1 unspecified atom stereocenters. The second-order valence-electron chi connectivity index (χ2n) is 6.85. The van der Waals surface area contributed by atoms with E-state index in [1.165, 1.54) is 0 Å². The minimum absolute atomic E-state index is 0. The van der Waals surface area contributed by atoms with Gasteiger partial charge in [0, 0.05) is 30.3 Å². The van der Waals surface area contributed by atoms with E-state index in [4.69, 9.17) is 21.3 Å². The van der Waals surface area contributed by atoms with Crippen molar-refractivity contribution in [2.75, 3.05) is 40.4 Å². The Kier molecular flexibility index (Phi) is 10.2. The summed E-state index contributed by atoms with van der Waals surface area (Å²) in [7, 11) is 4.27. The van der Waals surface area contributed by atoms with Crippen molar-refractivity contribution in [3.63, 3.8) is 0 Å². The second kappa shape index (κ2) is 11.3. The summed E-state index contributed by atoms with van der Waals surface area (Å²) in [5.41, 5.74) is 1.21. The third kappa shape index (κ3) is 6.55. The normalized spacial score (nSPS) is 18.2. The minimum atomic E-state index is 0. The molecular formula is C19H32ClIN4O. The van der Waals surface area contributed by atoms with E-state index in [9.17, 15) is 0 Å². The van der Waals surface area contributed by atoms with Gasteiger partial charge in [-0.3, -0.25) is 4.99 Å². The van der Waals surface area contributed by atoms with Crippen molar-refractivity contribution in [2.45, 2.75) is 38.3 Å². The average molecular weight is 495 g/mol. The first kappa shape index (κ1) is 23.5. The molecule has 26 heavy (non-hydrogen) atoms. The van der Waals surface area contributed by atoms with Crippen LogP contribution in [0.15, 0.2) is 29.3 Å². The number of hydrogen-bond donors (Lipinski definition) is 2. The summed E-state index contributed by atoms with van der Waals surface area (Å²) in [4.78, 5) is 7.18. The molecule has 1 atom stereocenters. The molecule has 2 N–H and O–H groups in total. The Morgan fingerprint density at radius 2 is 2.04 bits per heavy atom. The van der Waals surface area contributed by atoms with Crippen LogP contribution >= 0.6 is 35.6 Å². The van der Waals surface area contributed by atoms with Gasteiger partial charge in [0.25, 0.3) is 0 Å². The SMILES string of the molecule is CCNC(=NCC1(N(C)C)CCOCC1)NC(C)c1cccc(Cl)c1.I. The van der Waals surface area contributed by atoms with Crippen molar-refractivity contribution in [1.82, 2.24) is 15.5 Å². The van der Waals surface area contributed by atoms with Crippen molar-refractivity contribution < 1.29 is 4.74 Å². The van der Waals surface area contributed by atoms with E-state index < -0.39 is 0 Å². The monoisotopic (exact) mass is 494 g/mol. The van der Waals surface area contributed by atoms with Crippen molar-refractivity contribution >= 4 is 41.5 Å². The van der Waals surface area contributed by atoms with Crippen molar-refractivity contribution in [1.29, 1.82) is 0 Å². The number of guanidine groups is 1. The van der Waals surface area contributed by atoms with Crippen LogP contribution in [0.2, 0.25) is 5.02 Å². The molecule has 0 amide bonds.